The Morgan fingerprint density at radius 2 is 0.776 bits per heavy atom. The predicted octanol–water partition coefficient (Wildman–Crippen LogP) is 15.5. The largest absolute Gasteiger partial charge is 0.310 e. The smallest absolute Gasteiger partial charge is 0.0625 e. The fraction of sp³-hybridized carbons (Fsp3) is 0. The van der Waals surface area contributed by atoms with E-state index in [1.807, 2.05) is 0 Å². The van der Waals surface area contributed by atoms with Crippen molar-refractivity contribution in [3.8, 4) is 44.5 Å². The fourth-order valence-electron chi connectivity index (χ4n) is 8.81. The number of aromatic nitrogens is 1. The Hall–Kier alpha value is -7.68. The van der Waals surface area contributed by atoms with Crippen molar-refractivity contribution in [2.75, 3.05) is 4.90 Å². The van der Waals surface area contributed by atoms with Gasteiger partial charge in [-0.2, -0.15) is 0 Å². The molecule has 0 bridgehead atoms. The van der Waals surface area contributed by atoms with E-state index in [0.717, 1.165) is 17.1 Å². The summed E-state index contributed by atoms with van der Waals surface area (Å²) in [6.45, 7) is 0. The number of benzene rings is 9. The standard InChI is InChI=1S/C56H38N2/c1-3-14-39(15-4-1)41-30-34-47(35-31-41)57(53-25-13-20-43-16-7-9-21-49(43)53)48-36-32-42(33-37-48)40-26-28-44(29-27-40)51-38-46-19-8-11-23-52(46)58-54-24-12-10-22-50(54)55(56(51)58)45-17-5-2-6-18-45/h1-38H. The summed E-state index contributed by atoms with van der Waals surface area (Å²) >= 11 is 0. The number of nitrogens with zero attached hydrogens (tertiary/aromatic N) is 2. The molecule has 58 heavy (non-hydrogen) atoms. The zero-order chi connectivity index (χ0) is 38.4. The van der Waals surface area contributed by atoms with E-state index in [1.54, 1.807) is 0 Å². The Kier molecular flexibility index (Phi) is 8.19. The van der Waals surface area contributed by atoms with Gasteiger partial charge < -0.3 is 9.30 Å². The Labute approximate surface area is 338 Å². The maximum Gasteiger partial charge on any atom is 0.0625 e. The van der Waals surface area contributed by atoms with Gasteiger partial charge in [-0.3, -0.25) is 0 Å². The molecule has 0 aliphatic rings. The maximum atomic E-state index is 2.46. The highest BCUT2D eigenvalue weighted by Crippen LogP contribution is 2.44. The normalized spacial score (nSPS) is 11.4. The summed E-state index contributed by atoms with van der Waals surface area (Å²) in [6.07, 6.45) is 0. The van der Waals surface area contributed by atoms with Gasteiger partial charge in [0.1, 0.15) is 0 Å². The van der Waals surface area contributed by atoms with Gasteiger partial charge >= 0.3 is 0 Å². The molecule has 0 aliphatic carbocycles. The second-order valence-corrected chi connectivity index (χ2v) is 14.9. The third kappa shape index (κ3) is 5.74. The summed E-state index contributed by atoms with van der Waals surface area (Å²) < 4.78 is 2.46. The lowest BCUT2D eigenvalue weighted by atomic mass is 9.95. The Morgan fingerprint density at radius 1 is 0.310 bits per heavy atom. The molecule has 0 saturated heterocycles. The molecule has 0 aliphatic heterocycles. The quantitative estimate of drug-likeness (QED) is 0.158. The highest BCUT2D eigenvalue weighted by Gasteiger charge is 2.20. The van der Waals surface area contributed by atoms with Crippen LogP contribution in [0, 0.1) is 0 Å². The minimum atomic E-state index is 1.11. The molecule has 0 radical (unpaired) electrons. The van der Waals surface area contributed by atoms with Gasteiger partial charge in [-0.15, -0.1) is 0 Å². The first-order valence-corrected chi connectivity index (χ1v) is 19.9. The third-order valence-corrected chi connectivity index (χ3v) is 11.6. The van der Waals surface area contributed by atoms with Gasteiger partial charge in [0.05, 0.1) is 22.2 Å². The number of pyridine rings is 1. The van der Waals surface area contributed by atoms with E-state index in [2.05, 4.69) is 240 Å². The number of fused-ring (bicyclic) bond motifs is 6. The van der Waals surface area contributed by atoms with Crippen LogP contribution in [0.15, 0.2) is 231 Å². The number of rotatable bonds is 7. The zero-order valence-corrected chi connectivity index (χ0v) is 31.8. The molecule has 2 heterocycles. The first-order valence-electron chi connectivity index (χ1n) is 19.9. The molecule has 0 fully saturated rings. The maximum absolute atomic E-state index is 2.46. The van der Waals surface area contributed by atoms with E-state index in [0.29, 0.717) is 0 Å². The van der Waals surface area contributed by atoms with E-state index in [-0.39, 0.29) is 0 Å². The lowest BCUT2D eigenvalue weighted by Crippen LogP contribution is -2.10. The Morgan fingerprint density at radius 3 is 1.43 bits per heavy atom. The van der Waals surface area contributed by atoms with Crippen molar-refractivity contribution in [2.45, 2.75) is 0 Å². The summed E-state index contributed by atoms with van der Waals surface area (Å²) in [6, 6.07) is 83.6. The number of hydrogen-bond donors (Lipinski definition) is 0. The summed E-state index contributed by atoms with van der Waals surface area (Å²) in [7, 11) is 0. The van der Waals surface area contributed by atoms with E-state index >= 15 is 0 Å². The van der Waals surface area contributed by atoms with Crippen LogP contribution in [0.4, 0.5) is 17.1 Å². The molecule has 2 nitrogen and oxygen atoms in total. The summed E-state index contributed by atoms with van der Waals surface area (Å²) in [5.41, 5.74) is 16.7. The van der Waals surface area contributed by atoms with Crippen molar-refractivity contribution >= 4 is 55.2 Å². The van der Waals surface area contributed by atoms with Crippen LogP contribution < -0.4 is 4.90 Å². The van der Waals surface area contributed by atoms with Crippen LogP contribution in [0.5, 0.6) is 0 Å². The molecule has 0 spiro atoms. The first-order chi connectivity index (χ1) is 28.8. The molecule has 0 saturated carbocycles. The van der Waals surface area contributed by atoms with Crippen LogP contribution in [0.2, 0.25) is 0 Å². The SMILES string of the molecule is c1ccc(-c2ccc(N(c3ccc(-c4ccc(-c5cc6ccccc6n6c5c(-c5ccccc5)c5ccccc56)cc4)cc3)c3cccc4ccccc34)cc2)cc1. The minimum absolute atomic E-state index is 1.11. The lowest BCUT2D eigenvalue weighted by molar-refractivity contribution is 1.30. The van der Waals surface area contributed by atoms with Gasteiger partial charge in [0.2, 0.25) is 0 Å². The van der Waals surface area contributed by atoms with Gasteiger partial charge in [0, 0.05) is 33.3 Å². The van der Waals surface area contributed by atoms with Crippen LogP contribution in [0.25, 0.3) is 82.6 Å². The topological polar surface area (TPSA) is 7.65 Å². The number of para-hydroxylation sites is 2. The molecular formula is C56H38N2. The van der Waals surface area contributed by atoms with Gasteiger partial charge in [-0.1, -0.05) is 182 Å². The molecule has 2 heteroatoms. The van der Waals surface area contributed by atoms with E-state index in [4.69, 9.17) is 0 Å². The van der Waals surface area contributed by atoms with Gasteiger partial charge in [0.15, 0.2) is 0 Å². The monoisotopic (exact) mass is 738 g/mol. The van der Waals surface area contributed by atoms with E-state index < -0.39 is 0 Å². The molecule has 11 rings (SSSR count). The lowest BCUT2D eigenvalue weighted by Gasteiger charge is -2.27. The molecule has 11 aromatic rings. The van der Waals surface area contributed by atoms with Crippen molar-refractivity contribution < 1.29 is 0 Å². The van der Waals surface area contributed by atoms with Crippen LogP contribution in [-0.2, 0) is 0 Å². The van der Waals surface area contributed by atoms with Gasteiger partial charge in [0.25, 0.3) is 0 Å². The van der Waals surface area contributed by atoms with E-state index in [9.17, 15) is 0 Å². The zero-order valence-electron chi connectivity index (χ0n) is 31.8. The molecule has 0 atom stereocenters. The molecule has 2 aromatic heterocycles. The summed E-state index contributed by atoms with van der Waals surface area (Å²) in [4.78, 5) is 2.38. The van der Waals surface area contributed by atoms with Gasteiger partial charge in [-0.05, 0) is 92.7 Å². The Bertz CT molecular complexity index is 3230. The molecular weight excluding hydrogens is 701 g/mol. The van der Waals surface area contributed by atoms with Crippen molar-refractivity contribution in [3.63, 3.8) is 0 Å². The van der Waals surface area contributed by atoms with Crippen molar-refractivity contribution in [3.05, 3.63) is 231 Å². The van der Waals surface area contributed by atoms with Gasteiger partial charge in [-0.25, -0.2) is 0 Å². The van der Waals surface area contributed by atoms with Crippen molar-refractivity contribution in [1.29, 1.82) is 0 Å². The molecule has 0 amide bonds. The second-order valence-electron chi connectivity index (χ2n) is 14.9. The second kappa shape index (κ2) is 14.1. The fourth-order valence-corrected chi connectivity index (χ4v) is 8.81. The number of hydrogen-bond acceptors (Lipinski definition) is 1. The summed E-state index contributed by atoms with van der Waals surface area (Å²) in [5.74, 6) is 0. The van der Waals surface area contributed by atoms with E-state index in [1.165, 1.54) is 82.6 Å². The third-order valence-electron chi connectivity index (χ3n) is 11.6. The minimum Gasteiger partial charge on any atom is -0.310 e. The van der Waals surface area contributed by atoms with Crippen molar-refractivity contribution in [2.24, 2.45) is 0 Å². The predicted molar refractivity (Wildman–Crippen MR) is 246 cm³/mol. The average molecular weight is 739 g/mol. The molecule has 0 N–H and O–H groups in total. The molecule has 0 unspecified atom stereocenters. The average Bonchev–Trinajstić information content (AvgIpc) is 3.66. The van der Waals surface area contributed by atoms with Crippen LogP contribution in [-0.4, -0.2) is 4.40 Å². The highest BCUT2D eigenvalue weighted by atomic mass is 15.1. The first kappa shape index (κ1) is 33.6. The van der Waals surface area contributed by atoms with Crippen LogP contribution in [0.3, 0.4) is 0 Å². The van der Waals surface area contributed by atoms with Crippen LogP contribution in [0.1, 0.15) is 0 Å². The summed E-state index contributed by atoms with van der Waals surface area (Å²) in [5, 5.41) is 4.91. The van der Waals surface area contributed by atoms with Crippen molar-refractivity contribution in [1.82, 2.24) is 4.40 Å². The Balaban J connectivity index is 0.999. The number of anilines is 3. The molecule has 272 valence electrons. The van der Waals surface area contributed by atoms with Crippen LogP contribution >= 0.6 is 0 Å². The molecule has 9 aromatic carbocycles. The highest BCUT2D eigenvalue weighted by molar-refractivity contribution is 6.13.